The Bertz CT molecular complexity index is 9540. The van der Waals surface area contributed by atoms with E-state index in [0.29, 0.717) is 39.2 Å². The van der Waals surface area contributed by atoms with Crippen molar-refractivity contribution >= 4 is 141 Å². The van der Waals surface area contributed by atoms with Crippen molar-refractivity contribution in [1.82, 2.24) is 141 Å². The first kappa shape index (κ1) is 92.5. The van der Waals surface area contributed by atoms with Gasteiger partial charge in [0.25, 0.3) is 10.0 Å². The maximum atomic E-state index is 14.9. The molecule has 740 valence electrons. The molecule has 6 aliphatic rings. The molecule has 17 heterocycles. The maximum Gasteiger partial charge on any atom is 0.260 e. The smallest absolute Gasteiger partial charge is 0.260 e. The fourth-order valence-corrected chi connectivity index (χ4v) is 25.9. The number of pyridine rings is 7. The van der Waals surface area contributed by atoms with Crippen molar-refractivity contribution < 1.29 is 26.0 Å². The molecule has 2 unspecified atom stereocenters. The summed E-state index contributed by atoms with van der Waals surface area (Å²) in [6.07, 6.45) is 44.3. The number of nitrogens with zero attached hydrogens (tertiary/aromatic N) is 19. The molecule has 23 aromatic rings. The van der Waals surface area contributed by atoms with Gasteiger partial charge >= 0.3 is 0 Å². The van der Waals surface area contributed by atoms with Gasteiger partial charge in [0.1, 0.15) is 11.3 Å². The number of ether oxygens (including phenoxy) is 1. The van der Waals surface area contributed by atoms with Crippen LogP contribution in [0.15, 0.2) is 186 Å². The number of sulfonamides is 1. The average Bonchev–Trinajstić information content (AvgIpc) is 1.57. The zero-order valence-electron chi connectivity index (χ0n) is 82.6. The van der Waals surface area contributed by atoms with Crippen molar-refractivity contribution in [3.8, 4) is 67.7 Å². The van der Waals surface area contributed by atoms with E-state index in [1.807, 2.05) is 117 Å². The predicted octanol–water partition coefficient (Wildman–Crippen LogP) is 21.6. The average molecular weight is 2000 g/mol. The monoisotopic (exact) mass is 2000 g/mol. The van der Waals surface area contributed by atoms with Gasteiger partial charge in [-0.25, -0.2) is 55.1 Å². The van der Waals surface area contributed by atoms with E-state index in [9.17, 15) is 21.2 Å². The van der Waals surface area contributed by atoms with Crippen LogP contribution < -0.4 is 4.74 Å². The van der Waals surface area contributed by atoms with Crippen LogP contribution in [-0.4, -0.2) is 179 Å². The first-order valence-electron chi connectivity index (χ1n) is 50.3. The zero-order chi connectivity index (χ0) is 101. The molecule has 0 aliphatic heterocycles. The fraction of sp³-hybridized carbons (Fsp3) is 0.259. The Morgan fingerprint density at radius 3 is 1.34 bits per heavy atom. The minimum atomic E-state index is -3.80. The number of methoxy groups -OCH3 is 1. The second kappa shape index (κ2) is 37.2. The molecule has 33 nitrogen and oxygen atoms in total. The van der Waals surface area contributed by atoms with Crippen LogP contribution in [0.2, 0.25) is 0 Å². The Labute approximate surface area is 847 Å². The SMILES string of the molecule is COc1ccc(-n2cc(-c3nc4ccc5[nH]ncc5c4c4c3CCCC4)c(C)n2)cc1.Cc1[nH]ncc1-c1nc2c(F)cc3[nH]ncc3c2c2c1C1CCC2C1.Cc1[nH]ncc1-c1nc2ccc3[nH]nc(/C=C/c4ccncc4)c3c2c2c1CCCC2.Cc1[nH]ncc1-c1nc2ccc3n[nH]c(S(=O)(=O)N(C)C)c3c2c2c1CCCC2.Cc1[nH]ncc1-c1nc2ccc3n[nH]c(S(=O)(=O)c4ccncc4)c3c2c2c1CCCC2. The summed E-state index contributed by atoms with van der Waals surface area (Å²) in [5.74, 6) is 1.56. The number of aromatic nitrogens is 27. The van der Waals surface area contributed by atoms with Crippen molar-refractivity contribution in [2.45, 2.75) is 183 Å². The van der Waals surface area contributed by atoms with E-state index in [2.05, 4.69) is 158 Å². The number of sulfone groups is 1. The number of hydrogen-bond acceptors (Lipinski definition) is 22. The van der Waals surface area contributed by atoms with E-state index in [4.69, 9.17) is 34.8 Å². The molecule has 0 radical (unpaired) electrons. The standard InChI is InChI=1S/C25H22N6.C25H23N5O.C23H20N6O2S.C20H22N6O2S.C19H16FN5/c1-15-19(14-27-29-15)25-18-5-3-2-4-17(18)23-20(28-25)8-9-22-24(23)21(30-31-22)7-6-16-10-12-26-13-11-16;1-15-21(14-30(29-15)16-7-9-17(31-2)10-8-16)25-19-6-4-3-5-18(19)24-20-13-26-28-22(20)11-12-23(24)27-25;1-13-17(12-25-27-13)22-16-5-3-2-4-15(16)20-18(26-22)6-7-19-21(20)23(29-28-19)32(30,31)14-8-10-24-11-9-14;1-11-14(10-21-23-11)19-13-7-5-4-6-12(13)17-15(22-19)8-9-16-18(17)20(25-24-16)29(27,28)26(2)3;1-8-11(6-21-24-8)18-16-10-3-2-9(4-10)15(16)17-12-7-22-25-14(12)5-13(20)19(17)23-18/h6-14H,2-5H2,1H3,(H,27,29)(H,30,31);7-14H,3-6H2,1-2H3,(H,26,28);6-12H,2-5H2,1H3,(H,25,27)(H,28,29);8-10H,4-7H2,1-3H3,(H,21,23)(H,24,25);5-7,9-10H,2-4H2,1H3,(H,21,24)(H,22,25)/b7-6+;;;;. The molecule has 0 amide bonds. The predicted molar refractivity (Wildman–Crippen MR) is 570 cm³/mol. The molecule has 36 heteroatoms. The number of hydrogen-bond donors (Lipinski definition) is 9. The topological polar surface area (TPSA) is 447 Å². The number of aryl methyl sites for hydroxylation is 9. The third-order valence-electron chi connectivity index (χ3n) is 30.7. The van der Waals surface area contributed by atoms with Crippen molar-refractivity contribution in [2.75, 3.05) is 21.2 Å². The largest absolute Gasteiger partial charge is 0.497 e. The molecule has 6 aromatic carbocycles. The zero-order valence-corrected chi connectivity index (χ0v) is 84.3. The van der Waals surface area contributed by atoms with E-state index in [0.717, 1.165) is 262 Å². The number of aromatic amines is 9. The molecule has 9 N–H and O–H groups in total. The molecule has 2 atom stereocenters. The van der Waals surface area contributed by atoms with E-state index < -0.39 is 19.9 Å². The summed E-state index contributed by atoms with van der Waals surface area (Å²) < 4.78 is 76.2. The fourth-order valence-electron chi connectivity index (χ4n) is 23.6. The molecule has 0 spiro atoms. The van der Waals surface area contributed by atoms with Gasteiger partial charge in [0.05, 0.1) is 144 Å². The number of halogens is 1. The van der Waals surface area contributed by atoms with Gasteiger partial charge in [0, 0.05) is 156 Å². The van der Waals surface area contributed by atoms with Crippen LogP contribution in [0.4, 0.5) is 4.39 Å². The lowest BCUT2D eigenvalue weighted by Gasteiger charge is -2.22. The second-order valence-electron chi connectivity index (χ2n) is 39.5. The van der Waals surface area contributed by atoms with Gasteiger partial charge in [-0.05, 0) is 333 Å². The molecule has 148 heavy (non-hydrogen) atoms. The Hall–Kier alpha value is -16.6. The van der Waals surface area contributed by atoms with Crippen LogP contribution in [0.25, 0.3) is 183 Å². The first-order chi connectivity index (χ1) is 72.2. The van der Waals surface area contributed by atoms with Gasteiger partial charge in [0.2, 0.25) is 9.84 Å². The number of H-pyrrole nitrogens is 9. The lowest BCUT2D eigenvalue weighted by molar-refractivity contribution is 0.414. The summed E-state index contributed by atoms with van der Waals surface area (Å²) in [6.45, 7) is 10.1. The highest BCUT2D eigenvalue weighted by atomic mass is 32.2. The molecule has 2 bridgehead atoms. The maximum absolute atomic E-state index is 14.9. The van der Waals surface area contributed by atoms with Crippen molar-refractivity contribution in [3.63, 3.8) is 0 Å². The highest BCUT2D eigenvalue weighted by Crippen LogP contribution is 2.59. The first-order valence-corrected chi connectivity index (χ1v) is 53.2. The van der Waals surface area contributed by atoms with Gasteiger partial charge in [-0.3, -0.25) is 55.9 Å². The Kier molecular flexibility index (Phi) is 23.2. The van der Waals surface area contributed by atoms with Gasteiger partial charge in [0.15, 0.2) is 15.9 Å². The van der Waals surface area contributed by atoms with E-state index in [1.54, 1.807) is 25.7 Å². The van der Waals surface area contributed by atoms with E-state index >= 15 is 0 Å². The van der Waals surface area contributed by atoms with Crippen LogP contribution >= 0.6 is 0 Å². The molecule has 1 fully saturated rings. The molecule has 1 saturated carbocycles. The van der Waals surface area contributed by atoms with E-state index in [1.165, 1.54) is 154 Å². The van der Waals surface area contributed by atoms with Crippen LogP contribution in [0.5, 0.6) is 5.75 Å². The van der Waals surface area contributed by atoms with Crippen molar-refractivity contribution in [3.05, 3.63) is 272 Å². The number of rotatable bonds is 13. The molecule has 6 aliphatic carbocycles. The lowest BCUT2D eigenvalue weighted by Crippen LogP contribution is -2.22. The van der Waals surface area contributed by atoms with Crippen LogP contribution in [0, 0.1) is 40.4 Å². The lowest BCUT2D eigenvalue weighted by atomic mass is 9.85. The molecular weight excluding hydrogens is 1900 g/mol. The molecule has 17 aromatic heterocycles. The van der Waals surface area contributed by atoms with Crippen LogP contribution in [0.1, 0.15) is 178 Å². The summed E-state index contributed by atoms with van der Waals surface area (Å²) in [4.78, 5) is 33.3. The number of fused-ring (bicyclic) bond motifs is 29. The molecule has 29 rings (SSSR count). The molecule has 0 saturated heterocycles. The van der Waals surface area contributed by atoms with Crippen LogP contribution in [0.3, 0.4) is 0 Å². The Morgan fingerprint density at radius 1 is 0.399 bits per heavy atom. The minimum absolute atomic E-state index is 0.103. The van der Waals surface area contributed by atoms with Crippen LogP contribution in [-0.2, 0) is 71.2 Å². The van der Waals surface area contributed by atoms with Gasteiger partial charge in [-0.15, -0.1) is 0 Å². The van der Waals surface area contributed by atoms with Crippen molar-refractivity contribution in [2.24, 2.45) is 0 Å². The minimum Gasteiger partial charge on any atom is -0.497 e. The highest BCUT2D eigenvalue weighted by molar-refractivity contribution is 7.91. The Balaban J connectivity index is 0.0000000963. The van der Waals surface area contributed by atoms with Gasteiger partial charge < -0.3 is 4.74 Å². The summed E-state index contributed by atoms with van der Waals surface area (Å²) in [7, 11) is -2.73. The summed E-state index contributed by atoms with van der Waals surface area (Å²) in [6, 6.07) is 32.3. The van der Waals surface area contributed by atoms with Crippen molar-refractivity contribution in [1.29, 1.82) is 0 Å². The third kappa shape index (κ3) is 15.7. The van der Waals surface area contributed by atoms with Gasteiger partial charge in [-0.1, -0.05) is 6.08 Å². The third-order valence-corrected chi connectivity index (χ3v) is 34.2. The summed E-state index contributed by atoms with van der Waals surface area (Å²) in [5.41, 5.74) is 39.1. The number of nitrogens with one attached hydrogen (secondary N) is 9. The number of benzene rings is 6. The summed E-state index contributed by atoms with van der Waals surface area (Å²) in [5, 5.41) is 80.1. The highest BCUT2D eigenvalue weighted by Gasteiger charge is 2.43. The second-order valence-corrected chi connectivity index (χ2v) is 43.5. The quantitative estimate of drug-likeness (QED) is 0.0517. The Morgan fingerprint density at radius 2 is 0.831 bits per heavy atom. The molecular formula is C112H103FN28O5S2. The van der Waals surface area contributed by atoms with E-state index in [-0.39, 0.29) is 20.8 Å². The normalized spacial score (nSPS) is 15.4. The summed E-state index contributed by atoms with van der Waals surface area (Å²) >= 11 is 0. The van der Waals surface area contributed by atoms with Gasteiger partial charge in [-0.2, -0.15) is 51.0 Å².